The van der Waals surface area contributed by atoms with Crippen LogP contribution in [0.25, 0.3) is 10.8 Å². The summed E-state index contributed by atoms with van der Waals surface area (Å²) in [5, 5.41) is 3.13. The number of carbonyl (C=O) groups excluding carboxylic acids is 1. The molecular weight excluding hydrogens is 333 g/mol. The molecule has 0 fully saturated rings. The first-order chi connectivity index (χ1) is 11.1. The van der Waals surface area contributed by atoms with Crippen molar-refractivity contribution in [1.82, 2.24) is 4.90 Å². The van der Waals surface area contributed by atoms with E-state index in [9.17, 15) is 4.79 Å². The number of halogens is 2. The van der Waals surface area contributed by atoms with E-state index in [1.54, 1.807) is 7.11 Å². The lowest BCUT2D eigenvalue weighted by Crippen LogP contribution is -2.45. The third-order valence-electron chi connectivity index (χ3n) is 4.58. The minimum atomic E-state index is 0.0297. The molecule has 5 heteroatoms. The predicted molar refractivity (Wildman–Crippen MR) is 94.2 cm³/mol. The summed E-state index contributed by atoms with van der Waals surface area (Å²) in [7, 11) is 1.55. The molecule has 0 radical (unpaired) electrons. The summed E-state index contributed by atoms with van der Waals surface area (Å²) in [6, 6.07) is 8.17. The second kappa shape index (κ2) is 6.68. The topological polar surface area (TPSA) is 29.5 Å². The molecule has 0 aromatic heterocycles. The van der Waals surface area contributed by atoms with Gasteiger partial charge in [0.05, 0.1) is 10.0 Å². The number of rotatable bonds is 3. The van der Waals surface area contributed by atoms with Gasteiger partial charge in [0.2, 0.25) is 5.91 Å². The molecule has 0 bridgehead atoms. The Balaban J connectivity index is 2.09. The van der Waals surface area contributed by atoms with Crippen LogP contribution >= 0.6 is 23.2 Å². The highest BCUT2D eigenvalue weighted by Gasteiger charge is 2.29. The van der Waals surface area contributed by atoms with Gasteiger partial charge in [0, 0.05) is 25.1 Å². The second-order valence-electron chi connectivity index (χ2n) is 5.88. The van der Waals surface area contributed by atoms with E-state index < -0.39 is 0 Å². The van der Waals surface area contributed by atoms with Crippen molar-refractivity contribution in [2.45, 2.75) is 32.4 Å². The zero-order chi connectivity index (χ0) is 16.6. The number of carbonyl (C=O) groups is 1. The van der Waals surface area contributed by atoms with Crippen molar-refractivity contribution in [3.63, 3.8) is 0 Å². The molecule has 0 saturated carbocycles. The Morgan fingerprint density at radius 2 is 2.00 bits per heavy atom. The zero-order valence-corrected chi connectivity index (χ0v) is 14.7. The summed E-state index contributed by atoms with van der Waals surface area (Å²) in [6.45, 7) is 2.81. The van der Waals surface area contributed by atoms with Gasteiger partial charge in [0.1, 0.15) is 6.61 Å². The van der Waals surface area contributed by atoms with Crippen molar-refractivity contribution in [1.29, 1.82) is 0 Å². The number of nitrogens with zero attached hydrogens (tertiary/aromatic N) is 1. The lowest BCUT2D eigenvalue weighted by molar-refractivity contribution is -0.138. The van der Waals surface area contributed by atoms with Crippen LogP contribution in [0.2, 0.25) is 10.0 Å². The Labute approximate surface area is 146 Å². The van der Waals surface area contributed by atoms with Crippen LogP contribution in [0.5, 0.6) is 0 Å². The van der Waals surface area contributed by atoms with Crippen molar-refractivity contribution in [3.05, 3.63) is 45.4 Å². The third kappa shape index (κ3) is 2.93. The average Bonchev–Trinajstić information content (AvgIpc) is 2.56. The fourth-order valence-electron chi connectivity index (χ4n) is 3.35. The molecule has 122 valence electrons. The maximum absolute atomic E-state index is 12.4. The monoisotopic (exact) mass is 351 g/mol. The fraction of sp³-hybridized carbons (Fsp3) is 0.389. The summed E-state index contributed by atoms with van der Waals surface area (Å²) in [4.78, 5) is 14.3. The predicted octanol–water partition coefficient (Wildman–Crippen LogP) is 4.46. The van der Waals surface area contributed by atoms with Gasteiger partial charge in [-0.15, -0.1) is 0 Å². The number of methoxy groups -OCH3 is 1. The fourth-order valence-corrected chi connectivity index (χ4v) is 3.75. The lowest BCUT2D eigenvalue weighted by atomic mass is 9.89. The molecular formula is C18H19Cl2NO2. The van der Waals surface area contributed by atoms with E-state index in [0.29, 0.717) is 16.6 Å². The largest absolute Gasteiger partial charge is 0.375 e. The summed E-state index contributed by atoms with van der Waals surface area (Å²) in [5.74, 6) is 0.0297. The molecule has 2 aromatic rings. The molecule has 0 unspecified atom stereocenters. The highest BCUT2D eigenvalue weighted by atomic mass is 35.5. The number of amides is 1. The van der Waals surface area contributed by atoms with E-state index in [2.05, 4.69) is 13.0 Å². The minimum Gasteiger partial charge on any atom is -0.375 e. The molecule has 1 amide bonds. The average molecular weight is 352 g/mol. The zero-order valence-electron chi connectivity index (χ0n) is 13.2. The van der Waals surface area contributed by atoms with Crippen LogP contribution in [0.15, 0.2) is 24.3 Å². The first-order valence-electron chi connectivity index (χ1n) is 7.73. The van der Waals surface area contributed by atoms with Crippen LogP contribution in [-0.2, 0) is 22.5 Å². The molecule has 0 aliphatic carbocycles. The third-order valence-corrected chi connectivity index (χ3v) is 5.40. The number of fused-ring (bicyclic) bond motifs is 3. The molecule has 23 heavy (non-hydrogen) atoms. The molecule has 1 aliphatic rings. The normalized spacial score (nSPS) is 17.4. The van der Waals surface area contributed by atoms with E-state index in [-0.39, 0.29) is 18.6 Å². The first kappa shape index (κ1) is 16.6. The van der Waals surface area contributed by atoms with Crippen LogP contribution in [0, 0.1) is 0 Å². The van der Waals surface area contributed by atoms with E-state index in [1.807, 2.05) is 23.1 Å². The molecule has 3 nitrogen and oxygen atoms in total. The second-order valence-corrected chi connectivity index (χ2v) is 6.67. The van der Waals surface area contributed by atoms with Gasteiger partial charge in [0.25, 0.3) is 0 Å². The van der Waals surface area contributed by atoms with E-state index in [4.69, 9.17) is 27.9 Å². The number of hydrogen-bond donors (Lipinski definition) is 0. The molecule has 1 aliphatic heterocycles. The van der Waals surface area contributed by atoms with Crippen molar-refractivity contribution >= 4 is 39.9 Å². The number of hydrogen-bond acceptors (Lipinski definition) is 2. The van der Waals surface area contributed by atoms with Crippen LogP contribution < -0.4 is 0 Å². The van der Waals surface area contributed by atoms with Gasteiger partial charge < -0.3 is 9.64 Å². The standard InChI is InChI=1S/C18H19Cl2NO2/c1-3-12-8-11-4-5-14-13(6-7-16(19)18(14)20)15(11)9-21(12)17(22)10-23-2/h4-7,12H,3,8-10H2,1-2H3/t12-/m0/s1. The summed E-state index contributed by atoms with van der Waals surface area (Å²) >= 11 is 12.5. The van der Waals surface area contributed by atoms with Crippen LogP contribution in [0.4, 0.5) is 0 Å². The van der Waals surface area contributed by atoms with Gasteiger partial charge in [0.15, 0.2) is 0 Å². The molecule has 3 rings (SSSR count). The van der Waals surface area contributed by atoms with Crippen molar-refractivity contribution < 1.29 is 9.53 Å². The maximum Gasteiger partial charge on any atom is 0.249 e. The quantitative estimate of drug-likeness (QED) is 0.816. The van der Waals surface area contributed by atoms with Gasteiger partial charge in [-0.2, -0.15) is 0 Å². The van der Waals surface area contributed by atoms with Gasteiger partial charge >= 0.3 is 0 Å². The maximum atomic E-state index is 12.4. The Bertz CT molecular complexity index is 760. The Kier molecular flexibility index (Phi) is 4.81. The highest BCUT2D eigenvalue weighted by molar-refractivity contribution is 6.45. The molecule has 1 atom stereocenters. The van der Waals surface area contributed by atoms with Crippen molar-refractivity contribution in [2.75, 3.05) is 13.7 Å². The van der Waals surface area contributed by atoms with Gasteiger partial charge in [-0.05, 0) is 35.4 Å². The Hall–Kier alpha value is -1.29. The molecule has 0 saturated heterocycles. The summed E-state index contributed by atoms with van der Waals surface area (Å²) in [5.41, 5.74) is 2.44. The smallest absolute Gasteiger partial charge is 0.249 e. The number of ether oxygens (including phenoxy) is 1. The van der Waals surface area contributed by atoms with E-state index in [1.165, 1.54) is 5.56 Å². The van der Waals surface area contributed by atoms with Crippen LogP contribution in [0.3, 0.4) is 0 Å². The van der Waals surface area contributed by atoms with Gasteiger partial charge in [-0.3, -0.25) is 4.79 Å². The minimum absolute atomic E-state index is 0.0297. The lowest BCUT2D eigenvalue weighted by Gasteiger charge is -2.37. The van der Waals surface area contributed by atoms with E-state index in [0.717, 1.165) is 29.2 Å². The molecule has 0 N–H and O–H groups in total. The molecule has 1 heterocycles. The Morgan fingerprint density at radius 1 is 1.26 bits per heavy atom. The molecule has 0 spiro atoms. The van der Waals surface area contributed by atoms with Gasteiger partial charge in [-0.25, -0.2) is 0 Å². The van der Waals surface area contributed by atoms with Crippen molar-refractivity contribution in [2.24, 2.45) is 0 Å². The molecule has 2 aromatic carbocycles. The summed E-state index contributed by atoms with van der Waals surface area (Å²) in [6.07, 6.45) is 1.78. The summed E-state index contributed by atoms with van der Waals surface area (Å²) < 4.78 is 5.03. The Morgan fingerprint density at radius 3 is 2.70 bits per heavy atom. The highest BCUT2D eigenvalue weighted by Crippen LogP contribution is 2.36. The van der Waals surface area contributed by atoms with Crippen LogP contribution in [0.1, 0.15) is 24.5 Å². The van der Waals surface area contributed by atoms with Crippen molar-refractivity contribution in [3.8, 4) is 0 Å². The number of benzene rings is 2. The SMILES string of the molecule is CC[C@H]1Cc2ccc3c(Cl)c(Cl)ccc3c2CN1C(=O)COC. The van der Waals surface area contributed by atoms with Crippen LogP contribution in [-0.4, -0.2) is 30.6 Å². The van der Waals surface area contributed by atoms with E-state index >= 15 is 0 Å². The van der Waals surface area contributed by atoms with Gasteiger partial charge in [-0.1, -0.05) is 48.3 Å². The first-order valence-corrected chi connectivity index (χ1v) is 8.49.